The fourth-order valence-corrected chi connectivity index (χ4v) is 3.77. The highest BCUT2D eigenvalue weighted by Gasteiger charge is 2.23. The Morgan fingerprint density at radius 2 is 2.15 bits per heavy atom. The van der Waals surface area contributed by atoms with Gasteiger partial charge in [0.15, 0.2) is 0 Å². The Bertz CT molecular complexity index is 1000. The number of hydrogen-bond donors (Lipinski definition) is 1. The number of methoxy groups -OCH3 is 1. The molecule has 27 heavy (non-hydrogen) atoms. The van der Waals surface area contributed by atoms with E-state index in [4.69, 9.17) is 20.7 Å². The molecule has 0 spiro atoms. The van der Waals surface area contributed by atoms with Crippen molar-refractivity contribution < 1.29 is 4.74 Å². The van der Waals surface area contributed by atoms with E-state index in [-0.39, 0.29) is 6.04 Å². The van der Waals surface area contributed by atoms with Gasteiger partial charge < -0.3 is 19.9 Å². The third-order valence-corrected chi connectivity index (χ3v) is 5.12. The summed E-state index contributed by atoms with van der Waals surface area (Å²) < 4.78 is 7.75. The maximum atomic E-state index is 9.15. The van der Waals surface area contributed by atoms with Crippen LogP contribution in [0.15, 0.2) is 42.5 Å². The first kappa shape index (κ1) is 17.4. The van der Waals surface area contributed by atoms with Crippen LogP contribution in [0.1, 0.15) is 24.0 Å². The van der Waals surface area contributed by atoms with Gasteiger partial charge in [-0.3, -0.25) is 0 Å². The van der Waals surface area contributed by atoms with Gasteiger partial charge in [0.1, 0.15) is 5.75 Å². The molecule has 1 atom stereocenters. The minimum Gasteiger partial charge on any atom is -0.496 e. The van der Waals surface area contributed by atoms with Crippen LogP contribution in [-0.4, -0.2) is 35.8 Å². The molecule has 4 rings (SSSR count). The van der Waals surface area contributed by atoms with Gasteiger partial charge >= 0.3 is 0 Å². The number of piperidine rings is 1. The fourth-order valence-electron chi connectivity index (χ4n) is 3.77. The number of nitrogens with zero attached hydrogens (tertiary/aromatic N) is 4. The first-order chi connectivity index (χ1) is 13.2. The molecular weight excluding hydrogens is 338 g/mol. The average molecular weight is 361 g/mol. The summed E-state index contributed by atoms with van der Waals surface area (Å²) in [6.07, 6.45) is 2.13. The minimum atomic E-state index is 0.177. The van der Waals surface area contributed by atoms with Gasteiger partial charge in [-0.05, 0) is 37.1 Å². The Morgan fingerprint density at radius 1 is 1.30 bits per heavy atom. The van der Waals surface area contributed by atoms with Gasteiger partial charge in [0.2, 0.25) is 5.95 Å². The predicted octanol–water partition coefficient (Wildman–Crippen LogP) is 2.89. The highest BCUT2D eigenvalue weighted by atomic mass is 16.5. The molecule has 1 unspecified atom stereocenters. The standard InChI is InChI=1S/C21H23N5O/c1-27-20-11-15(12-22)8-9-16(20)13-26-19-7-3-2-6-18(19)24-21(26)25-10-4-5-17(23)14-25/h2-3,6-9,11,17H,4-5,10,13-14,23H2,1H3. The number of ether oxygens (including phenoxy) is 1. The quantitative estimate of drug-likeness (QED) is 0.773. The number of anilines is 1. The zero-order valence-electron chi connectivity index (χ0n) is 15.4. The van der Waals surface area contributed by atoms with E-state index in [0.717, 1.165) is 48.5 Å². The van der Waals surface area contributed by atoms with Crippen LogP contribution in [0.5, 0.6) is 5.75 Å². The van der Waals surface area contributed by atoms with Crippen LogP contribution in [0.2, 0.25) is 0 Å². The summed E-state index contributed by atoms with van der Waals surface area (Å²) in [4.78, 5) is 7.18. The number of benzene rings is 2. The highest BCUT2D eigenvalue weighted by molar-refractivity contribution is 5.79. The number of hydrogen-bond acceptors (Lipinski definition) is 5. The fraction of sp³-hybridized carbons (Fsp3) is 0.333. The molecule has 1 aliphatic rings. The molecule has 2 heterocycles. The molecule has 1 saturated heterocycles. The van der Waals surface area contributed by atoms with Gasteiger partial charge in [-0.1, -0.05) is 18.2 Å². The highest BCUT2D eigenvalue weighted by Crippen LogP contribution is 2.29. The minimum absolute atomic E-state index is 0.177. The molecule has 6 heteroatoms. The Labute approximate surface area is 158 Å². The molecule has 1 fully saturated rings. The molecule has 0 radical (unpaired) electrons. The third kappa shape index (κ3) is 3.34. The second kappa shape index (κ2) is 7.29. The number of imidazole rings is 1. The SMILES string of the molecule is COc1cc(C#N)ccc1Cn1c(N2CCCC(N)C2)nc2ccccc21. The maximum Gasteiger partial charge on any atom is 0.206 e. The molecule has 0 bridgehead atoms. The summed E-state index contributed by atoms with van der Waals surface area (Å²) in [6, 6.07) is 16.1. The Hall–Kier alpha value is -3.04. The van der Waals surface area contributed by atoms with E-state index in [2.05, 4.69) is 21.6 Å². The van der Waals surface area contributed by atoms with Crippen molar-refractivity contribution in [1.29, 1.82) is 5.26 Å². The number of fused-ring (bicyclic) bond motifs is 1. The number of nitrogens with two attached hydrogens (primary N) is 1. The molecular formula is C21H23N5O. The normalized spacial score (nSPS) is 17.1. The van der Waals surface area contributed by atoms with Gasteiger partial charge in [-0.25, -0.2) is 4.98 Å². The lowest BCUT2D eigenvalue weighted by molar-refractivity contribution is 0.408. The van der Waals surface area contributed by atoms with Crippen LogP contribution in [0.3, 0.4) is 0 Å². The van der Waals surface area contributed by atoms with Crippen LogP contribution in [0, 0.1) is 11.3 Å². The van der Waals surface area contributed by atoms with Crippen LogP contribution in [-0.2, 0) is 6.54 Å². The summed E-state index contributed by atoms with van der Waals surface area (Å²) >= 11 is 0. The predicted molar refractivity (Wildman–Crippen MR) is 106 cm³/mol. The second-order valence-corrected chi connectivity index (χ2v) is 6.97. The van der Waals surface area contributed by atoms with E-state index < -0.39 is 0 Å². The molecule has 6 nitrogen and oxygen atoms in total. The topological polar surface area (TPSA) is 80.1 Å². The zero-order valence-corrected chi connectivity index (χ0v) is 15.4. The van der Waals surface area contributed by atoms with E-state index in [9.17, 15) is 0 Å². The lowest BCUT2D eigenvalue weighted by Crippen LogP contribution is -2.44. The molecule has 3 aromatic rings. The second-order valence-electron chi connectivity index (χ2n) is 6.97. The van der Waals surface area contributed by atoms with Crippen LogP contribution >= 0.6 is 0 Å². The molecule has 2 aromatic carbocycles. The lowest BCUT2D eigenvalue weighted by Gasteiger charge is -2.32. The van der Waals surface area contributed by atoms with E-state index in [0.29, 0.717) is 17.9 Å². The van der Waals surface area contributed by atoms with E-state index in [1.54, 1.807) is 13.2 Å². The smallest absolute Gasteiger partial charge is 0.206 e. The van der Waals surface area contributed by atoms with Crippen molar-refractivity contribution in [2.45, 2.75) is 25.4 Å². The van der Waals surface area contributed by atoms with Crippen molar-refractivity contribution in [3.63, 3.8) is 0 Å². The summed E-state index contributed by atoms with van der Waals surface area (Å²) in [5.74, 6) is 1.66. The van der Waals surface area contributed by atoms with Gasteiger partial charge in [-0.2, -0.15) is 5.26 Å². The van der Waals surface area contributed by atoms with E-state index in [1.165, 1.54) is 0 Å². The number of para-hydroxylation sites is 2. The van der Waals surface area contributed by atoms with Crippen molar-refractivity contribution in [3.05, 3.63) is 53.6 Å². The van der Waals surface area contributed by atoms with Crippen molar-refractivity contribution in [2.24, 2.45) is 5.73 Å². The number of nitriles is 1. The summed E-state index contributed by atoms with van der Waals surface area (Å²) in [6.45, 7) is 2.39. The first-order valence-electron chi connectivity index (χ1n) is 9.22. The van der Waals surface area contributed by atoms with Crippen molar-refractivity contribution in [3.8, 4) is 11.8 Å². The molecule has 138 valence electrons. The molecule has 1 aliphatic heterocycles. The van der Waals surface area contributed by atoms with Crippen molar-refractivity contribution >= 4 is 17.0 Å². The van der Waals surface area contributed by atoms with Gasteiger partial charge in [-0.15, -0.1) is 0 Å². The van der Waals surface area contributed by atoms with Gasteiger partial charge in [0.05, 0.1) is 36.3 Å². The van der Waals surface area contributed by atoms with Crippen LogP contribution in [0.4, 0.5) is 5.95 Å². The maximum absolute atomic E-state index is 9.15. The Kier molecular flexibility index (Phi) is 4.69. The molecule has 0 amide bonds. The van der Waals surface area contributed by atoms with Gasteiger partial charge in [0.25, 0.3) is 0 Å². The molecule has 0 aliphatic carbocycles. The van der Waals surface area contributed by atoms with E-state index >= 15 is 0 Å². The third-order valence-electron chi connectivity index (χ3n) is 5.12. The summed E-state index contributed by atoms with van der Waals surface area (Å²) in [7, 11) is 1.64. The summed E-state index contributed by atoms with van der Waals surface area (Å²) in [5.41, 5.74) is 9.87. The molecule has 2 N–H and O–H groups in total. The molecule has 0 saturated carbocycles. The number of rotatable bonds is 4. The zero-order chi connectivity index (χ0) is 18.8. The van der Waals surface area contributed by atoms with Gasteiger partial charge in [0, 0.05) is 24.7 Å². The van der Waals surface area contributed by atoms with Crippen LogP contribution < -0.4 is 15.4 Å². The first-order valence-corrected chi connectivity index (χ1v) is 9.22. The molecule has 1 aromatic heterocycles. The van der Waals surface area contributed by atoms with Crippen molar-refractivity contribution in [1.82, 2.24) is 9.55 Å². The number of aromatic nitrogens is 2. The summed E-state index contributed by atoms with van der Waals surface area (Å²) in [5, 5.41) is 9.15. The average Bonchev–Trinajstić information content (AvgIpc) is 3.07. The van der Waals surface area contributed by atoms with E-state index in [1.807, 2.05) is 30.3 Å². The largest absolute Gasteiger partial charge is 0.496 e. The Balaban J connectivity index is 1.79. The van der Waals surface area contributed by atoms with Crippen molar-refractivity contribution in [2.75, 3.05) is 25.1 Å². The lowest BCUT2D eigenvalue weighted by atomic mass is 10.1. The monoisotopic (exact) mass is 361 g/mol. The Morgan fingerprint density at radius 3 is 2.93 bits per heavy atom. The van der Waals surface area contributed by atoms with Crippen LogP contribution in [0.25, 0.3) is 11.0 Å².